The molecule has 1 rings (SSSR count). The molecule has 1 fully saturated rings. The van der Waals surface area contributed by atoms with Crippen LogP contribution in [0.3, 0.4) is 0 Å². The van der Waals surface area contributed by atoms with E-state index in [-0.39, 0.29) is 24.2 Å². The van der Waals surface area contributed by atoms with Gasteiger partial charge < -0.3 is 10.1 Å². The summed E-state index contributed by atoms with van der Waals surface area (Å²) in [5.41, 5.74) is 0. The lowest BCUT2D eigenvalue weighted by atomic mass is 10.1. The van der Waals surface area contributed by atoms with Gasteiger partial charge in [0, 0.05) is 19.3 Å². The van der Waals surface area contributed by atoms with Gasteiger partial charge in [0.1, 0.15) is 6.04 Å². The third-order valence-corrected chi connectivity index (χ3v) is 3.34. The number of nitrogens with one attached hydrogen (secondary N) is 2. The largest absolute Gasteiger partial charge is 0.469 e. The minimum Gasteiger partial charge on any atom is -0.469 e. The van der Waals surface area contributed by atoms with Crippen LogP contribution in [0.4, 0.5) is 0 Å². The number of imide groups is 1. The lowest BCUT2D eigenvalue weighted by molar-refractivity contribution is -0.140. The zero-order valence-corrected chi connectivity index (χ0v) is 12.3. The number of methoxy groups -OCH3 is 1. The quantitative estimate of drug-likeness (QED) is 0.384. The van der Waals surface area contributed by atoms with E-state index in [0.717, 1.165) is 19.3 Å². The fourth-order valence-electron chi connectivity index (χ4n) is 2.11. The summed E-state index contributed by atoms with van der Waals surface area (Å²) in [4.78, 5) is 45.0. The van der Waals surface area contributed by atoms with Gasteiger partial charge in [-0.05, 0) is 19.3 Å². The highest BCUT2D eigenvalue weighted by Crippen LogP contribution is 2.08. The fraction of sp³-hybridized carbons (Fsp3) is 0.714. The van der Waals surface area contributed by atoms with Gasteiger partial charge in [-0.1, -0.05) is 12.8 Å². The van der Waals surface area contributed by atoms with Gasteiger partial charge in [-0.25, -0.2) is 0 Å². The normalized spacial score (nSPS) is 18.0. The summed E-state index contributed by atoms with van der Waals surface area (Å²) < 4.78 is 4.53. The van der Waals surface area contributed by atoms with Crippen LogP contribution in [-0.4, -0.2) is 36.8 Å². The third kappa shape index (κ3) is 6.87. The predicted molar refractivity (Wildman–Crippen MR) is 74.0 cm³/mol. The lowest BCUT2D eigenvalue weighted by Gasteiger charge is -2.21. The number of hydrogen-bond acceptors (Lipinski definition) is 5. The van der Waals surface area contributed by atoms with Crippen molar-refractivity contribution in [3.05, 3.63) is 0 Å². The van der Waals surface area contributed by atoms with Gasteiger partial charge in [-0.2, -0.15) is 0 Å². The molecule has 2 N–H and O–H groups in total. The smallest absolute Gasteiger partial charge is 0.305 e. The van der Waals surface area contributed by atoms with Gasteiger partial charge >= 0.3 is 5.97 Å². The summed E-state index contributed by atoms with van der Waals surface area (Å²) in [6.07, 6.45) is 4.52. The maximum atomic E-state index is 11.7. The van der Waals surface area contributed by atoms with Crippen LogP contribution >= 0.6 is 0 Å². The Morgan fingerprint density at radius 1 is 1.19 bits per heavy atom. The van der Waals surface area contributed by atoms with Gasteiger partial charge in [0.05, 0.1) is 7.11 Å². The summed E-state index contributed by atoms with van der Waals surface area (Å²) in [7, 11) is 1.36. The number of rotatable bonds is 8. The second-order valence-corrected chi connectivity index (χ2v) is 5.06. The molecular formula is C14H22N2O5. The van der Waals surface area contributed by atoms with E-state index in [2.05, 4.69) is 15.4 Å². The van der Waals surface area contributed by atoms with E-state index in [1.165, 1.54) is 7.11 Å². The first-order chi connectivity index (χ1) is 10.0. The second kappa shape index (κ2) is 9.10. The van der Waals surface area contributed by atoms with Crippen LogP contribution in [0.1, 0.15) is 51.4 Å². The molecule has 1 heterocycles. The average molecular weight is 298 g/mol. The van der Waals surface area contributed by atoms with Crippen molar-refractivity contribution in [2.24, 2.45) is 0 Å². The molecule has 0 aliphatic carbocycles. The zero-order valence-electron chi connectivity index (χ0n) is 12.3. The monoisotopic (exact) mass is 298 g/mol. The van der Waals surface area contributed by atoms with Gasteiger partial charge in [0.25, 0.3) is 0 Å². The summed E-state index contributed by atoms with van der Waals surface area (Å²) in [5.74, 6) is -1.13. The molecule has 7 heteroatoms. The molecule has 0 saturated carbocycles. The van der Waals surface area contributed by atoms with E-state index in [4.69, 9.17) is 0 Å². The Balaban J connectivity index is 2.07. The van der Waals surface area contributed by atoms with E-state index in [1.54, 1.807) is 0 Å². The molecule has 0 bridgehead atoms. The van der Waals surface area contributed by atoms with E-state index >= 15 is 0 Å². The van der Waals surface area contributed by atoms with Crippen molar-refractivity contribution in [2.45, 2.75) is 57.4 Å². The SMILES string of the molecule is COC(=O)CCCCCCC(=O)NC1CCC(=O)NC1=O. The number of ether oxygens (including phenoxy) is 1. The highest BCUT2D eigenvalue weighted by molar-refractivity contribution is 6.01. The Morgan fingerprint density at radius 3 is 2.48 bits per heavy atom. The molecule has 0 spiro atoms. The van der Waals surface area contributed by atoms with Crippen LogP contribution in [0.5, 0.6) is 0 Å². The van der Waals surface area contributed by atoms with Crippen molar-refractivity contribution in [1.29, 1.82) is 0 Å². The van der Waals surface area contributed by atoms with Gasteiger partial charge in [-0.3, -0.25) is 24.5 Å². The molecule has 1 saturated heterocycles. The molecule has 3 amide bonds. The first kappa shape index (κ1) is 17.1. The number of unbranched alkanes of at least 4 members (excludes halogenated alkanes) is 3. The number of piperidine rings is 1. The van der Waals surface area contributed by atoms with Crippen LogP contribution in [0.15, 0.2) is 0 Å². The van der Waals surface area contributed by atoms with Crippen molar-refractivity contribution in [2.75, 3.05) is 7.11 Å². The van der Waals surface area contributed by atoms with Crippen LogP contribution in [0.2, 0.25) is 0 Å². The molecule has 118 valence electrons. The Bertz CT molecular complexity index is 408. The van der Waals surface area contributed by atoms with Gasteiger partial charge in [0.2, 0.25) is 17.7 Å². The highest BCUT2D eigenvalue weighted by Gasteiger charge is 2.27. The molecule has 7 nitrogen and oxygen atoms in total. The highest BCUT2D eigenvalue weighted by atomic mass is 16.5. The van der Waals surface area contributed by atoms with Crippen LogP contribution < -0.4 is 10.6 Å². The van der Waals surface area contributed by atoms with Crippen molar-refractivity contribution in [1.82, 2.24) is 10.6 Å². The average Bonchev–Trinajstić information content (AvgIpc) is 2.45. The second-order valence-electron chi connectivity index (χ2n) is 5.06. The van der Waals surface area contributed by atoms with Crippen LogP contribution in [-0.2, 0) is 23.9 Å². The van der Waals surface area contributed by atoms with E-state index in [1.807, 2.05) is 0 Å². The van der Waals surface area contributed by atoms with E-state index in [0.29, 0.717) is 25.7 Å². The zero-order chi connectivity index (χ0) is 15.7. The van der Waals surface area contributed by atoms with Crippen molar-refractivity contribution >= 4 is 23.7 Å². The van der Waals surface area contributed by atoms with Gasteiger partial charge in [0.15, 0.2) is 0 Å². The summed E-state index contributed by atoms with van der Waals surface area (Å²) in [6, 6.07) is -0.602. The number of carbonyl (C=O) groups excluding carboxylic acids is 4. The molecule has 0 radical (unpaired) electrons. The Hall–Kier alpha value is -1.92. The standard InChI is InChI=1S/C14H22N2O5/c1-21-13(19)7-5-3-2-4-6-11(17)15-10-8-9-12(18)16-14(10)20/h10H,2-9H2,1H3,(H,15,17)(H,16,18,20). The molecule has 1 atom stereocenters. The summed E-state index contributed by atoms with van der Waals surface area (Å²) in [6.45, 7) is 0. The topological polar surface area (TPSA) is 102 Å². The Labute approximate surface area is 123 Å². The molecule has 0 aromatic heterocycles. The Morgan fingerprint density at radius 2 is 1.86 bits per heavy atom. The minimum absolute atomic E-state index is 0.183. The number of carbonyl (C=O) groups is 4. The van der Waals surface area contributed by atoms with Crippen LogP contribution in [0, 0.1) is 0 Å². The Kier molecular flexibility index (Phi) is 7.42. The van der Waals surface area contributed by atoms with E-state index in [9.17, 15) is 19.2 Å². The van der Waals surface area contributed by atoms with Crippen molar-refractivity contribution in [3.63, 3.8) is 0 Å². The molecule has 0 aromatic rings. The van der Waals surface area contributed by atoms with Crippen molar-refractivity contribution < 1.29 is 23.9 Å². The lowest BCUT2D eigenvalue weighted by Crippen LogP contribution is -2.52. The predicted octanol–water partition coefficient (Wildman–Crippen LogP) is 0.421. The molecule has 1 aliphatic heterocycles. The first-order valence-corrected chi connectivity index (χ1v) is 7.23. The maximum absolute atomic E-state index is 11.7. The molecule has 1 unspecified atom stereocenters. The molecular weight excluding hydrogens is 276 g/mol. The van der Waals surface area contributed by atoms with Crippen LogP contribution in [0.25, 0.3) is 0 Å². The summed E-state index contributed by atoms with van der Waals surface area (Å²) in [5, 5.41) is 4.83. The van der Waals surface area contributed by atoms with Crippen molar-refractivity contribution in [3.8, 4) is 0 Å². The van der Waals surface area contributed by atoms with Gasteiger partial charge in [-0.15, -0.1) is 0 Å². The molecule has 0 aromatic carbocycles. The van der Waals surface area contributed by atoms with E-state index < -0.39 is 11.9 Å². The third-order valence-electron chi connectivity index (χ3n) is 3.34. The molecule has 21 heavy (non-hydrogen) atoms. The fourth-order valence-corrected chi connectivity index (χ4v) is 2.11. The number of amides is 3. The molecule has 1 aliphatic rings. The summed E-state index contributed by atoms with van der Waals surface area (Å²) >= 11 is 0. The number of esters is 1. The maximum Gasteiger partial charge on any atom is 0.305 e. The minimum atomic E-state index is -0.602. The first-order valence-electron chi connectivity index (χ1n) is 7.23. The number of hydrogen-bond donors (Lipinski definition) is 2.